The van der Waals surface area contributed by atoms with Crippen LogP contribution in [0, 0.1) is 0 Å². The fourth-order valence-electron chi connectivity index (χ4n) is 2.96. The molecule has 0 fully saturated rings. The number of alkyl halides is 6. The highest BCUT2D eigenvalue weighted by molar-refractivity contribution is 6.34. The highest BCUT2D eigenvalue weighted by Gasteiger charge is 2.62. The lowest BCUT2D eigenvalue weighted by atomic mass is 9.86. The van der Waals surface area contributed by atoms with Crippen LogP contribution in [-0.4, -0.2) is 24.0 Å². The molecule has 0 N–H and O–H groups in total. The van der Waals surface area contributed by atoms with Crippen molar-refractivity contribution in [3.8, 4) is 0 Å². The minimum absolute atomic E-state index is 0.0350. The average Bonchev–Trinajstić information content (AvgIpc) is 3.06. The Hall–Kier alpha value is -2.46. The van der Waals surface area contributed by atoms with Crippen molar-refractivity contribution in [1.29, 1.82) is 0 Å². The molecule has 2 aromatic rings. The Kier molecular flexibility index (Phi) is 6.16. The maximum atomic E-state index is 14.0. The number of hydrogen-bond acceptors (Lipinski definition) is 4. The van der Waals surface area contributed by atoms with E-state index in [-0.39, 0.29) is 32.6 Å². The van der Waals surface area contributed by atoms with E-state index in [9.17, 15) is 31.4 Å². The number of benzene rings is 2. The molecule has 3 rings (SSSR count). The minimum Gasteiger partial charge on any atom is -0.861 e. The first-order valence-electron chi connectivity index (χ1n) is 8.49. The van der Waals surface area contributed by atoms with E-state index in [4.69, 9.17) is 28.0 Å². The van der Waals surface area contributed by atoms with E-state index in [1.165, 1.54) is 24.3 Å². The lowest BCUT2D eigenvalue weighted by Gasteiger charge is -2.29. The van der Waals surface area contributed by atoms with Gasteiger partial charge in [0.15, 0.2) is 0 Å². The molecule has 4 nitrogen and oxygen atoms in total. The summed E-state index contributed by atoms with van der Waals surface area (Å²) in [5.74, 6) is -1.44. The van der Waals surface area contributed by atoms with Crippen LogP contribution in [0.3, 0.4) is 0 Å². The van der Waals surface area contributed by atoms with Crippen LogP contribution >= 0.6 is 23.2 Å². The van der Waals surface area contributed by atoms with Gasteiger partial charge in [-0.1, -0.05) is 40.5 Å². The molecule has 12 heteroatoms. The molecule has 1 unspecified atom stereocenters. The Morgan fingerprint density at radius 3 is 2.29 bits per heavy atom. The minimum atomic E-state index is -4.91. The van der Waals surface area contributed by atoms with Crippen molar-refractivity contribution in [3.05, 3.63) is 63.6 Å². The molecule has 31 heavy (non-hydrogen) atoms. The van der Waals surface area contributed by atoms with Crippen LogP contribution in [-0.2, 0) is 10.4 Å². The van der Waals surface area contributed by atoms with Gasteiger partial charge in [-0.05, 0) is 36.2 Å². The maximum Gasteiger partial charge on any atom is 0.435 e. The third-order valence-electron chi connectivity index (χ3n) is 4.30. The summed E-state index contributed by atoms with van der Waals surface area (Å²) in [4.78, 5) is 8.19. The number of rotatable bonds is 4. The normalized spacial score (nSPS) is 19.9. The summed E-state index contributed by atoms with van der Waals surface area (Å²) >= 11 is 11.7. The van der Waals surface area contributed by atoms with Gasteiger partial charge in [0, 0.05) is 27.6 Å². The largest absolute Gasteiger partial charge is 0.861 e. The molecular formula is C19H11Cl2F6N2O2-. The van der Waals surface area contributed by atoms with E-state index >= 15 is 0 Å². The number of aliphatic imine (C=N–C) groups is 1. The van der Waals surface area contributed by atoms with Gasteiger partial charge in [-0.2, -0.15) is 26.3 Å². The van der Waals surface area contributed by atoms with Crippen LogP contribution in [0.25, 0.3) is 0 Å². The predicted octanol–water partition coefficient (Wildman–Crippen LogP) is 5.92. The second-order valence-electron chi connectivity index (χ2n) is 6.64. The molecule has 0 radical (unpaired) electrons. The Morgan fingerprint density at radius 2 is 1.71 bits per heavy atom. The van der Waals surface area contributed by atoms with Gasteiger partial charge in [0.25, 0.3) is 5.60 Å². The summed E-state index contributed by atoms with van der Waals surface area (Å²) in [6, 6.07) is 8.45. The predicted molar refractivity (Wildman–Crippen MR) is 101 cm³/mol. The van der Waals surface area contributed by atoms with Gasteiger partial charge in [0.1, 0.15) is 0 Å². The zero-order chi connectivity index (χ0) is 23.0. The molecule has 1 aliphatic rings. The van der Waals surface area contributed by atoms with E-state index in [1.807, 2.05) is 0 Å². The van der Waals surface area contributed by atoms with E-state index in [0.717, 1.165) is 18.2 Å². The van der Waals surface area contributed by atoms with Crippen molar-refractivity contribution in [2.45, 2.75) is 30.8 Å². The summed E-state index contributed by atoms with van der Waals surface area (Å²) in [5, 5.41) is 14.9. The molecule has 0 saturated heterocycles. The summed E-state index contributed by atoms with van der Waals surface area (Å²) in [5.41, 5.74) is -3.44. The maximum absolute atomic E-state index is 14.0. The zero-order valence-corrected chi connectivity index (χ0v) is 16.7. The molecule has 2 aromatic carbocycles. The SMILES string of the molecule is [O-]C(CC(F)(F)F)=Nc1cccc(C2=NOC(c3cc(Cl)cc(Cl)c3)(C(F)(F)F)C2)c1. The second kappa shape index (κ2) is 8.23. The van der Waals surface area contributed by atoms with E-state index in [0.29, 0.717) is 0 Å². The fourth-order valence-corrected chi connectivity index (χ4v) is 3.48. The van der Waals surface area contributed by atoms with Crippen LogP contribution in [0.5, 0.6) is 0 Å². The van der Waals surface area contributed by atoms with Crippen molar-refractivity contribution in [3.63, 3.8) is 0 Å². The van der Waals surface area contributed by atoms with Gasteiger partial charge >= 0.3 is 12.4 Å². The van der Waals surface area contributed by atoms with Crippen LogP contribution < -0.4 is 5.11 Å². The summed E-state index contributed by atoms with van der Waals surface area (Å²) in [6.07, 6.45) is -12.1. The molecule has 1 heterocycles. The average molecular weight is 484 g/mol. The number of nitrogens with zero attached hydrogens (tertiary/aromatic N) is 2. The lowest BCUT2D eigenvalue weighted by Crippen LogP contribution is -2.42. The molecule has 166 valence electrons. The van der Waals surface area contributed by atoms with Crippen molar-refractivity contribution in [2.75, 3.05) is 0 Å². The molecule has 0 aromatic heterocycles. The first-order valence-corrected chi connectivity index (χ1v) is 9.25. The Bertz CT molecular complexity index is 1030. The van der Waals surface area contributed by atoms with E-state index in [1.54, 1.807) is 0 Å². The zero-order valence-electron chi connectivity index (χ0n) is 15.2. The van der Waals surface area contributed by atoms with Gasteiger partial charge < -0.3 is 9.94 Å². The molecule has 0 bridgehead atoms. The molecule has 0 spiro atoms. The van der Waals surface area contributed by atoms with Gasteiger partial charge in [-0.3, -0.25) is 4.99 Å². The number of halogens is 8. The highest BCUT2D eigenvalue weighted by Crippen LogP contribution is 2.49. The Labute approximate surface area is 181 Å². The molecule has 1 aliphatic heterocycles. The second-order valence-corrected chi connectivity index (χ2v) is 7.51. The molecule has 0 saturated carbocycles. The van der Waals surface area contributed by atoms with Crippen molar-refractivity contribution in [2.24, 2.45) is 10.1 Å². The lowest BCUT2D eigenvalue weighted by molar-refractivity contribution is -0.275. The van der Waals surface area contributed by atoms with Crippen LogP contribution in [0.15, 0.2) is 52.6 Å². The quantitative estimate of drug-likeness (QED) is 0.308. The van der Waals surface area contributed by atoms with E-state index in [2.05, 4.69) is 10.1 Å². The fraction of sp³-hybridized carbons (Fsp3) is 0.263. The van der Waals surface area contributed by atoms with Crippen molar-refractivity contribution >= 4 is 40.5 Å². The smallest absolute Gasteiger partial charge is 0.435 e. The Morgan fingerprint density at radius 1 is 1.06 bits per heavy atom. The molecule has 1 atom stereocenters. The third-order valence-corrected chi connectivity index (χ3v) is 4.74. The van der Waals surface area contributed by atoms with E-state index < -0.39 is 36.7 Å². The van der Waals surface area contributed by atoms with Gasteiger partial charge in [0.2, 0.25) is 0 Å². The third kappa shape index (κ3) is 5.24. The van der Waals surface area contributed by atoms with Crippen LogP contribution in [0.1, 0.15) is 24.0 Å². The molecule has 0 aliphatic carbocycles. The highest BCUT2D eigenvalue weighted by atomic mass is 35.5. The van der Waals surface area contributed by atoms with Gasteiger partial charge in [-0.25, -0.2) is 0 Å². The summed E-state index contributed by atoms with van der Waals surface area (Å²) < 4.78 is 78.9. The standard InChI is InChI=1S/C19H12Cl2F6N2O2/c20-12-5-11(6-13(21)7-12)17(19(25,26)27)8-15(29-31-17)10-2-1-3-14(4-10)28-16(30)9-18(22,23)24/h1-7H,8-9H2,(H,28,30)/p-1. The van der Waals surface area contributed by atoms with Gasteiger partial charge in [0.05, 0.1) is 17.8 Å². The van der Waals surface area contributed by atoms with Gasteiger partial charge in [-0.15, -0.1) is 0 Å². The number of hydrogen-bond donors (Lipinski definition) is 0. The summed E-state index contributed by atoms with van der Waals surface area (Å²) in [7, 11) is 0. The topological polar surface area (TPSA) is 57.0 Å². The first-order chi connectivity index (χ1) is 14.3. The Balaban J connectivity index is 1.93. The molecular weight excluding hydrogens is 473 g/mol. The molecule has 0 amide bonds. The van der Waals surface area contributed by atoms with Crippen molar-refractivity contribution < 1.29 is 36.3 Å². The van der Waals surface area contributed by atoms with Crippen LogP contribution in [0.4, 0.5) is 32.0 Å². The first kappa shape index (κ1) is 23.2. The summed E-state index contributed by atoms with van der Waals surface area (Å²) in [6.45, 7) is 0. The van der Waals surface area contributed by atoms with Crippen molar-refractivity contribution in [1.82, 2.24) is 0 Å². The monoisotopic (exact) mass is 483 g/mol. The number of oxime groups is 1. The van der Waals surface area contributed by atoms with Crippen LogP contribution in [0.2, 0.25) is 10.0 Å².